The summed E-state index contributed by atoms with van der Waals surface area (Å²) in [6, 6.07) is 23.4. The second kappa shape index (κ2) is 13.9. The number of aryl methyl sites for hydroxylation is 1. The average Bonchev–Trinajstić information content (AvgIpc) is 3.71. The maximum Gasteiger partial charge on any atom is 0.256 e. The van der Waals surface area contributed by atoms with Gasteiger partial charge in [0.15, 0.2) is 0 Å². The van der Waals surface area contributed by atoms with Crippen molar-refractivity contribution in [3.63, 3.8) is 0 Å². The maximum atomic E-state index is 15.6. The Bertz CT molecular complexity index is 1510. The fourth-order valence-corrected chi connectivity index (χ4v) is 9.92. The standard InChI is InChI=1S/C39H49N3O3S/c1-28-20-22-34(23-21-28)46(44)36-26-33(45-2)25-35(38-40-24-12-19-32(40)27-41(38)29-13-6-3-7-14-29)37(36)39(43)42(30-15-8-4-9-16-30)31-17-10-5-11-18-31/h3,6-7,13-14,20-23,25-26,30-32,38H,4-5,8-12,15-19,24,27H2,1-2H3/t32-,38-,46+/m1/s1. The van der Waals surface area contributed by atoms with E-state index < -0.39 is 10.8 Å². The number of benzene rings is 3. The average molecular weight is 640 g/mol. The third kappa shape index (κ3) is 6.13. The summed E-state index contributed by atoms with van der Waals surface area (Å²) in [4.78, 5) is 24.2. The summed E-state index contributed by atoms with van der Waals surface area (Å²) < 4.78 is 20.7. The number of ether oxygens (including phenoxy) is 1. The highest BCUT2D eigenvalue weighted by atomic mass is 32.2. The number of carbonyl (C=O) groups excluding carboxylic acids is 1. The second-order valence-corrected chi connectivity index (χ2v) is 15.3. The normalized spacial score (nSPS) is 23.3. The molecule has 0 aromatic heterocycles. The second-order valence-electron chi connectivity index (χ2n) is 13.9. The van der Waals surface area contributed by atoms with Crippen LogP contribution in [0.25, 0.3) is 0 Å². The minimum atomic E-state index is -1.56. The van der Waals surface area contributed by atoms with Gasteiger partial charge >= 0.3 is 0 Å². The van der Waals surface area contributed by atoms with Crippen LogP contribution in [-0.4, -0.2) is 58.2 Å². The summed E-state index contributed by atoms with van der Waals surface area (Å²) in [5.41, 5.74) is 3.84. The first-order valence-corrected chi connectivity index (χ1v) is 18.8. The van der Waals surface area contributed by atoms with Gasteiger partial charge in [0, 0.05) is 47.4 Å². The molecule has 4 fully saturated rings. The Morgan fingerprint density at radius 1 is 0.826 bits per heavy atom. The molecule has 2 saturated heterocycles. The van der Waals surface area contributed by atoms with E-state index in [0.717, 1.165) is 68.4 Å². The number of rotatable bonds is 8. The number of fused-ring (bicyclic) bond motifs is 1. The molecule has 3 aromatic carbocycles. The number of anilines is 1. The molecule has 2 saturated carbocycles. The van der Waals surface area contributed by atoms with Crippen LogP contribution in [-0.2, 0) is 10.8 Å². The summed E-state index contributed by atoms with van der Waals surface area (Å²) in [6.07, 6.45) is 13.5. The van der Waals surface area contributed by atoms with Crippen molar-refractivity contribution in [2.24, 2.45) is 0 Å². The lowest BCUT2D eigenvalue weighted by Gasteiger charge is -2.43. The molecule has 7 heteroatoms. The SMILES string of the molecule is COc1cc([C@H]2N(c3ccccc3)C[C@H]3CCCN32)c(C(=O)N(C2CCCCC2)C2CCCCC2)c([S@@](=O)c2ccc(C)cc2)c1. The Labute approximate surface area is 277 Å². The Morgan fingerprint density at radius 2 is 1.48 bits per heavy atom. The third-order valence-electron chi connectivity index (χ3n) is 11.0. The van der Waals surface area contributed by atoms with Crippen LogP contribution >= 0.6 is 0 Å². The van der Waals surface area contributed by atoms with E-state index in [1.165, 1.54) is 38.5 Å². The lowest BCUT2D eigenvalue weighted by Crippen LogP contribution is -2.49. The van der Waals surface area contributed by atoms with Crippen molar-refractivity contribution in [2.75, 3.05) is 25.1 Å². The first-order valence-electron chi connectivity index (χ1n) is 17.6. The van der Waals surface area contributed by atoms with Crippen molar-refractivity contribution in [2.45, 2.75) is 118 Å². The quantitative estimate of drug-likeness (QED) is 0.248. The summed E-state index contributed by atoms with van der Waals surface area (Å²) in [5.74, 6) is 0.724. The summed E-state index contributed by atoms with van der Waals surface area (Å²) >= 11 is 0. The summed E-state index contributed by atoms with van der Waals surface area (Å²) in [6.45, 7) is 3.93. The van der Waals surface area contributed by atoms with E-state index >= 15 is 4.79 Å². The molecule has 0 spiro atoms. The molecule has 0 unspecified atom stereocenters. The van der Waals surface area contributed by atoms with Crippen molar-refractivity contribution in [1.29, 1.82) is 0 Å². The zero-order valence-electron chi connectivity index (χ0n) is 27.5. The highest BCUT2D eigenvalue weighted by molar-refractivity contribution is 7.85. The molecule has 3 atom stereocenters. The smallest absolute Gasteiger partial charge is 0.256 e. The van der Waals surface area contributed by atoms with Crippen molar-refractivity contribution in [3.8, 4) is 5.75 Å². The summed E-state index contributed by atoms with van der Waals surface area (Å²) in [7, 11) is 0.116. The first-order chi connectivity index (χ1) is 22.5. The molecular weight excluding hydrogens is 591 g/mol. The van der Waals surface area contributed by atoms with Gasteiger partial charge < -0.3 is 14.5 Å². The van der Waals surface area contributed by atoms with Gasteiger partial charge in [-0.15, -0.1) is 0 Å². The largest absolute Gasteiger partial charge is 0.497 e. The predicted molar refractivity (Wildman–Crippen MR) is 185 cm³/mol. The van der Waals surface area contributed by atoms with Gasteiger partial charge in [-0.2, -0.15) is 0 Å². The number of hydrogen-bond acceptors (Lipinski definition) is 5. The molecule has 0 radical (unpaired) electrons. The lowest BCUT2D eigenvalue weighted by molar-refractivity contribution is 0.0441. The van der Waals surface area contributed by atoms with Crippen molar-refractivity contribution in [1.82, 2.24) is 9.80 Å². The maximum absolute atomic E-state index is 15.6. The number of hydrogen-bond donors (Lipinski definition) is 0. The monoisotopic (exact) mass is 639 g/mol. The topological polar surface area (TPSA) is 53.1 Å². The molecule has 1 amide bonds. The third-order valence-corrected chi connectivity index (χ3v) is 12.4. The van der Waals surface area contributed by atoms with Crippen molar-refractivity contribution >= 4 is 22.4 Å². The van der Waals surface area contributed by atoms with Gasteiger partial charge in [-0.25, -0.2) is 4.21 Å². The first kappa shape index (κ1) is 31.4. The van der Waals surface area contributed by atoms with Crippen molar-refractivity contribution in [3.05, 3.63) is 83.4 Å². The van der Waals surface area contributed by atoms with E-state index in [4.69, 9.17) is 4.74 Å². The molecule has 4 aliphatic rings. The highest BCUT2D eigenvalue weighted by Gasteiger charge is 2.46. The van der Waals surface area contributed by atoms with E-state index in [0.29, 0.717) is 27.1 Å². The zero-order valence-corrected chi connectivity index (χ0v) is 28.4. The minimum Gasteiger partial charge on any atom is -0.497 e. The van der Waals surface area contributed by atoms with Crippen molar-refractivity contribution < 1.29 is 13.7 Å². The Balaban J connectivity index is 1.43. The van der Waals surface area contributed by atoms with Gasteiger partial charge in [0.05, 0.1) is 28.4 Å². The molecule has 46 heavy (non-hydrogen) atoms. The lowest BCUT2D eigenvalue weighted by atomic mass is 9.87. The van der Waals surface area contributed by atoms with Crippen LogP contribution in [0.3, 0.4) is 0 Å². The summed E-state index contributed by atoms with van der Waals surface area (Å²) in [5, 5.41) is 0. The Kier molecular flexibility index (Phi) is 9.50. The number of methoxy groups -OCH3 is 1. The van der Waals surface area contributed by atoms with Crippen LogP contribution in [0.4, 0.5) is 5.69 Å². The van der Waals surface area contributed by atoms with Crippen LogP contribution in [0, 0.1) is 6.92 Å². The number of amides is 1. The van der Waals surface area contributed by atoms with Gasteiger partial charge in [-0.1, -0.05) is 74.4 Å². The number of carbonyl (C=O) groups is 1. The van der Waals surface area contributed by atoms with E-state index in [1.807, 2.05) is 37.3 Å². The molecule has 7 rings (SSSR count). The van der Waals surface area contributed by atoms with Gasteiger partial charge in [-0.05, 0) is 81.8 Å². The van der Waals surface area contributed by atoms with Crippen LogP contribution in [0.2, 0.25) is 0 Å². The van der Waals surface area contributed by atoms with Gasteiger partial charge in [0.2, 0.25) is 0 Å². The molecule has 3 aromatic rings. The molecule has 0 N–H and O–H groups in total. The van der Waals surface area contributed by atoms with E-state index in [2.05, 4.69) is 51.1 Å². The molecule has 2 aliphatic heterocycles. The zero-order chi connectivity index (χ0) is 31.6. The van der Waals surface area contributed by atoms with E-state index in [1.54, 1.807) is 7.11 Å². The van der Waals surface area contributed by atoms with Gasteiger partial charge in [0.1, 0.15) is 11.9 Å². The predicted octanol–water partition coefficient (Wildman–Crippen LogP) is 8.26. The highest BCUT2D eigenvalue weighted by Crippen LogP contribution is 2.46. The molecule has 2 aliphatic carbocycles. The fourth-order valence-electron chi connectivity index (χ4n) is 8.67. The molecular formula is C39H49N3O3S. The minimum absolute atomic E-state index is 0.0718. The van der Waals surface area contributed by atoms with Crippen LogP contribution in [0.1, 0.15) is 105 Å². The van der Waals surface area contributed by atoms with Crippen LogP contribution in [0.15, 0.2) is 76.5 Å². The molecule has 2 heterocycles. The Morgan fingerprint density at radius 3 is 2.11 bits per heavy atom. The fraction of sp³-hybridized carbons (Fsp3) is 0.513. The van der Waals surface area contributed by atoms with E-state index in [9.17, 15) is 4.21 Å². The Hall–Kier alpha value is -3.16. The van der Waals surface area contributed by atoms with E-state index in [-0.39, 0.29) is 24.2 Å². The van der Waals surface area contributed by atoms with Gasteiger partial charge in [0.25, 0.3) is 5.91 Å². The molecule has 6 nitrogen and oxygen atoms in total. The molecule has 244 valence electrons. The number of para-hydroxylation sites is 1. The van der Waals surface area contributed by atoms with Crippen LogP contribution < -0.4 is 9.64 Å². The van der Waals surface area contributed by atoms with Crippen LogP contribution in [0.5, 0.6) is 5.75 Å². The molecule has 0 bridgehead atoms. The number of nitrogens with zero attached hydrogens (tertiary/aromatic N) is 3. The van der Waals surface area contributed by atoms with Gasteiger partial charge in [-0.3, -0.25) is 9.69 Å².